The van der Waals surface area contributed by atoms with E-state index >= 15 is 0 Å². The average Bonchev–Trinajstić information content (AvgIpc) is 2.39. The van der Waals surface area contributed by atoms with E-state index in [1.165, 1.54) is 11.8 Å². The zero-order valence-electron chi connectivity index (χ0n) is 10.1. The third-order valence-electron chi connectivity index (χ3n) is 2.85. The van der Waals surface area contributed by atoms with Crippen LogP contribution in [-0.2, 0) is 4.79 Å². The van der Waals surface area contributed by atoms with Crippen molar-refractivity contribution in [2.75, 3.05) is 18.8 Å². The van der Waals surface area contributed by atoms with Crippen molar-refractivity contribution in [3.63, 3.8) is 0 Å². The van der Waals surface area contributed by atoms with Gasteiger partial charge in [0, 0.05) is 22.5 Å². The van der Waals surface area contributed by atoms with Crippen molar-refractivity contribution in [1.29, 1.82) is 0 Å². The summed E-state index contributed by atoms with van der Waals surface area (Å²) < 4.78 is 0. The molecule has 5 heteroatoms. The minimum Gasteiger partial charge on any atom is -0.351 e. The molecule has 0 spiro atoms. The van der Waals surface area contributed by atoms with E-state index in [0.29, 0.717) is 5.75 Å². The largest absolute Gasteiger partial charge is 0.351 e. The van der Waals surface area contributed by atoms with Crippen molar-refractivity contribution in [2.45, 2.75) is 23.8 Å². The number of carbonyl (C=O) groups is 1. The maximum Gasteiger partial charge on any atom is 0.230 e. The van der Waals surface area contributed by atoms with Gasteiger partial charge in [0.15, 0.2) is 0 Å². The Kier molecular flexibility index (Phi) is 5.35. The molecule has 1 aliphatic rings. The molecule has 0 aromatic heterocycles. The topological polar surface area (TPSA) is 41.1 Å². The smallest absolute Gasteiger partial charge is 0.230 e. The van der Waals surface area contributed by atoms with Gasteiger partial charge in [0.2, 0.25) is 5.91 Å². The van der Waals surface area contributed by atoms with Crippen molar-refractivity contribution < 1.29 is 4.79 Å². The standard InChI is InChI=1S/C13H17ClN2OS/c14-10-3-5-12(6-4-10)18-9-13(17)16-11-2-1-7-15-8-11/h3-6,11,15H,1-2,7-9H2,(H,16,17). The molecule has 2 rings (SSSR count). The highest BCUT2D eigenvalue weighted by Gasteiger charge is 2.15. The Hall–Kier alpha value is -0.710. The molecular weight excluding hydrogens is 268 g/mol. The van der Waals surface area contributed by atoms with Gasteiger partial charge in [0.1, 0.15) is 0 Å². The van der Waals surface area contributed by atoms with Crippen LogP contribution in [0.3, 0.4) is 0 Å². The molecule has 1 aromatic carbocycles. The van der Waals surface area contributed by atoms with Crippen LogP contribution in [0.2, 0.25) is 5.02 Å². The predicted octanol–water partition coefficient (Wildman–Crippen LogP) is 2.30. The van der Waals surface area contributed by atoms with Gasteiger partial charge in [-0.05, 0) is 43.7 Å². The molecule has 1 heterocycles. The third kappa shape index (κ3) is 4.52. The second kappa shape index (κ2) is 7.02. The van der Waals surface area contributed by atoms with E-state index in [1.807, 2.05) is 24.3 Å². The van der Waals surface area contributed by atoms with Gasteiger partial charge in [-0.15, -0.1) is 11.8 Å². The highest BCUT2D eigenvalue weighted by molar-refractivity contribution is 8.00. The first-order valence-electron chi connectivity index (χ1n) is 6.12. The van der Waals surface area contributed by atoms with Crippen molar-refractivity contribution in [3.8, 4) is 0 Å². The summed E-state index contributed by atoms with van der Waals surface area (Å²) in [7, 11) is 0. The molecule has 1 amide bonds. The molecule has 0 bridgehead atoms. The van der Waals surface area contributed by atoms with E-state index in [-0.39, 0.29) is 11.9 Å². The first-order chi connectivity index (χ1) is 8.74. The predicted molar refractivity (Wildman–Crippen MR) is 76.2 cm³/mol. The fraction of sp³-hybridized carbons (Fsp3) is 0.462. The molecule has 3 nitrogen and oxygen atoms in total. The number of carbonyl (C=O) groups excluding carboxylic acids is 1. The molecule has 1 aliphatic heterocycles. The minimum absolute atomic E-state index is 0.101. The van der Waals surface area contributed by atoms with Gasteiger partial charge in [-0.2, -0.15) is 0 Å². The van der Waals surface area contributed by atoms with Crippen LogP contribution in [0.15, 0.2) is 29.2 Å². The number of halogens is 1. The third-order valence-corrected chi connectivity index (χ3v) is 4.11. The molecule has 2 N–H and O–H groups in total. The highest BCUT2D eigenvalue weighted by atomic mass is 35.5. The maximum absolute atomic E-state index is 11.8. The van der Waals surface area contributed by atoms with E-state index in [1.54, 1.807) is 0 Å². The van der Waals surface area contributed by atoms with Gasteiger partial charge >= 0.3 is 0 Å². The van der Waals surface area contributed by atoms with Crippen LogP contribution in [0.1, 0.15) is 12.8 Å². The number of amides is 1. The summed E-state index contributed by atoms with van der Waals surface area (Å²) in [5.41, 5.74) is 0. The summed E-state index contributed by atoms with van der Waals surface area (Å²) in [6.07, 6.45) is 2.21. The van der Waals surface area contributed by atoms with Crippen molar-refractivity contribution in [1.82, 2.24) is 10.6 Å². The van der Waals surface area contributed by atoms with E-state index in [2.05, 4.69) is 10.6 Å². The second-order valence-corrected chi connectivity index (χ2v) is 5.84. The number of benzene rings is 1. The first kappa shape index (κ1) is 13.7. The minimum atomic E-state index is 0.101. The number of hydrogen-bond acceptors (Lipinski definition) is 3. The first-order valence-corrected chi connectivity index (χ1v) is 7.49. The van der Waals surface area contributed by atoms with Gasteiger partial charge in [0.05, 0.1) is 5.75 Å². The van der Waals surface area contributed by atoms with E-state index < -0.39 is 0 Å². The fourth-order valence-corrected chi connectivity index (χ4v) is 2.76. The van der Waals surface area contributed by atoms with Gasteiger partial charge in [-0.25, -0.2) is 0 Å². The Morgan fingerprint density at radius 1 is 1.44 bits per heavy atom. The van der Waals surface area contributed by atoms with Crippen LogP contribution < -0.4 is 10.6 Å². The van der Waals surface area contributed by atoms with Crippen LogP contribution >= 0.6 is 23.4 Å². The zero-order chi connectivity index (χ0) is 12.8. The lowest BCUT2D eigenvalue weighted by molar-refractivity contribution is -0.119. The number of piperidine rings is 1. The molecule has 1 saturated heterocycles. The molecule has 1 fully saturated rings. The van der Waals surface area contributed by atoms with Crippen molar-refractivity contribution >= 4 is 29.3 Å². The SMILES string of the molecule is O=C(CSc1ccc(Cl)cc1)NC1CCCNC1. The number of rotatable bonds is 4. The quantitative estimate of drug-likeness (QED) is 0.834. The molecule has 18 heavy (non-hydrogen) atoms. The van der Waals surface area contributed by atoms with Crippen LogP contribution in [0.5, 0.6) is 0 Å². The Morgan fingerprint density at radius 3 is 2.89 bits per heavy atom. The summed E-state index contributed by atoms with van der Waals surface area (Å²) in [6.45, 7) is 1.95. The summed E-state index contributed by atoms with van der Waals surface area (Å²) in [4.78, 5) is 12.8. The van der Waals surface area contributed by atoms with Crippen molar-refractivity contribution in [3.05, 3.63) is 29.3 Å². The van der Waals surface area contributed by atoms with Crippen LogP contribution in [0.4, 0.5) is 0 Å². The Balaban J connectivity index is 1.72. The molecule has 1 unspecified atom stereocenters. The maximum atomic E-state index is 11.8. The summed E-state index contributed by atoms with van der Waals surface area (Å²) >= 11 is 7.34. The molecule has 98 valence electrons. The Morgan fingerprint density at radius 2 is 2.22 bits per heavy atom. The lowest BCUT2D eigenvalue weighted by atomic mass is 10.1. The molecule has 1 aromatic rings. The lowest BCUT2D eigenvalue weighted by Crippen LogP contribution is -2.46. The fourth-order valence-electron chi connectivity index (χ4n) is 1.92. The highest BCUT2D eigenvalue weighted by Crippen LogP contribution is 2.20. The van der Waals surface area contributed by atoms with Crippen LogP contribution in [0.25, 0.3) is 0 Å². The second-order valence-electron chi connectivity index (χ2n) is 4.35. The van der Waals surface area contributed by atoms with E-state index in [0.717, 1.165) is 35.8 Å². The summed E-state index contributed by atoms with van der Waals surface area (Å²) in [5.74, 6) is 0.557. The number of nitrogens with one attached hydrogen (secondary N) is 2. The van der Waals surface area contributed by atoms with Crippen LogP contribution in [-0.4, -0.2) is 30.8 Å². The van der Waals surface area contributed by atoms with Gasteiger partial charge in [-0.3, -0.25) is 4.79 Å². The molecule has 1 atom stereocenters. The van der Waals surface area contributed by atoms with Gasteiger partial charge < -0.3 is 10.6 Å². The molecule has 0 radical (unpaired) electrons. The van der Waals surface area contributed by atoms with E-state index in [4.69, 9.17) is 11.6 Å². The Bertz CT molecular complexity index is 390. The number of hydrogen-bond donors (Lipinski definition) is 2. The number of thioether (sulfide) groups is 1. The van der Waals surface area contributed by atoms with Crippen molar-refractivity contribution in [2.24, 2.45) is 0 Å². The molecule has 0 saturated carbocycles. The van der Waals surface area contributed by atoms with E-state index in [9.17, 15) is 4.79 Å². The normalized spacial score (nSPS) is 19.5. The molecule has 0 aliphatic carbocycles. The monoisotopic (exact) mass is 284 g/mol. The lowest BCUT2D eigenvalue weighted by Gasteiger charge is -2.23. The van der Waals surface area contributed by atoms with Gasteiger partial charge in [0.25, 0.3) is 0 Å². The molecular formula is C13H17ClN2OS. The Labute approximate surface area is 117 Å². The van der Waals surface area contributed by atoms with Gasteiger partial charge in [-0.1, -0.05) is 11.6 Å². The van der Waals surface area contributed by atoms with Crippen LogP contribution in [0, 0.1) is 0 Å². The average molecular weight is 285 g/mol. The zero-order valence-corrected chi connectivity index (χ0v) is 11.7. The summed E-state index contributed by atoms with van der Waals surface area (Å²) in [5, 5.41) is 7.06. The summed E-state index contributed by atoms with van der Waals surface area (Å²) in [6, 6.07) is 7.84.